The van der Waals surface area contributed by atoms with Gasteiger partial charge in [0, 0.05) is 34.7 Å². The molecule has 63 heavy (non-hydrogen) atoms. The minimum atomic E-state index is -1.27. The summed E-state index contributed by atoms with van der Waals surface area (Å²) in [6, 6.07) is 27.4. The molecule has 0 bridgehead atoms. The third-order valence-corrected chi connectivity index (χ3v) is 11.3. The normalized spacial score (nSPS) is 19.6. The molecule has 6 rings (SSSR count). The van der Waals surface area contributed by atoms with Crippen molar-refractivity contribution in [2.45, 2.75) is 102 Å². The second kappa shape index (κ2) is 23.6. The molecule has 13 heteroatoms. The molecule has 1 heterocycles. The smallest absolute Gasteiger partial charge is 0.249 e. The number of nitrogens with one attached hydrogen (secondary N) is 2. The van der Waals surface area contributed by atoms with Crippen molar-refractivity contribution in [3.05, 3.63) is 178 Å². The van der Waals surface area contributed by atoms with Crippen LogP contribution < -0.4 is 10.6 Å². The second-order valence-electron chi connectivity index (χ2n) is 15.7. The standard InChI is InChI=1S/C50H54ClF3N2O7/c1-4-41(52)40(33(3)51)27-55-49(57)44(60-29-36-13-6-9-17-42(36)53)24-25-45(61-30-37-14-7-10-18-43(37)54)50(58)56-48-39-16-8-5-12-35(39)26-46(48)63-47-19-11-15-38(62-47)31-59-28-34-22-20-32(2)21-23-34/h4-10,12-14,16-18,20-23,38,44-48H,1,3,11,15,19,24-31H2,2H3,(H,55,57)(H,56,58)/b41-40+/t38?,44-,45-,46-,47?,48+/m1/s1. The Morgan fingerprint density at radius 2 is 1.48 bits per heavy atom. The Morgan fingerprint density at radius 3 is 2.11 bits per heavy atom. The SMILES string of the molecule is C=C/C(F)=C(/CNC(=O)[C@@H](CC[C@@H](OCc1ccccc1F)C(=O)N[C@H]1c2ccccc2C[C@H]1OC1CCCC(COCc2ccc(C)cc2)O1)OCc1ccccc1F)C(=C)Cl. The molecule has 0 aromatic heterocycles. The zero-order valence-corrected chi connectivity index (χ0v) is 36.1. The van der Waals surface area contributed by atoms with Crippen LogP contribution in [0.1, 0.15) is 71.5 Å². The van der Waals surface area contributed by atoms with E-state index in [1.165, 1.54) is 29.8 Å². The highest BCUT2D eigenvalue weighted by Gasteiger charge is 2.39. The van der Waals surface area contributed by atoms with E-state index in [9.17, 15) is 22.8 Å². The van der Waals surface area contributed by atoms with Crippen LogP contribution in [0.15, 0.2) is 133 Å². The number of aryl methyl sites for hydroxylation is 1. The third kappa shape index (κ3) is 13.7. The average molecular weight is 887 g/mol. The summed E-state index contributed by atoms with van der Waals surface area (Å²) in [5, 5.41) is 5.62. The van der Waals surface area contributed by atoms with Gasteiger partial charge in [-0.15, -0.1) is 0 Å². The van der Waals surface area contributed by atoms with Crippen molar-refractivity contribution >= 4 is 23.4 Å². The summed E-state index contributed by atoms with van der Waals surface area (Å²) in [7, 11) is 0. The zero-order chi connectivity index (χ0) is 44.7. The molecular weight excluding hydrogens is 833 g/mol. The first-order chi connectivity index (χ1) is 30.5. The van der Waals surface area contributed by atoms with Crippen molar-refractivity contribution in [1.82, 2.24) is 10.6 Å². The molecule has 9 nitrogen and oxygen atoms in total. The second-order valence-corrected chi connectivity index (χ2v) is 16.2. The number of carbonyl (C=O) groups is 2. The van der Waals surface area contributed by atoms with Crippen LogP contribution in [0, 0.1) is 18.6 Å². The molecule has 6 atom stereocenters. The van der Waals surface area contributed by atoms with Crippen molar-refractivity contribution in [3.8, 4) is 0 Å². The lowest BCUT2D eigenvalue weighted by Crippen LogP contribution is -2.45. The Labute approximate surface area is 372 Å². The van der Waals surface area contributed by atoms with E-state index in [-0.39, 0.29) is 60.4 Å². The molecule has 1 aliphatic heterocycles. The lowest BCUT2D eigenvalue weighted by atomic mass is 10.0. The molecule has 2 unspecified atom stereocenters. The Balaban J connectivity index is 1.17. The van der Waals surface area contributed by atoms with Crippen molar-refractivity contribution in [2.75, 3.05) is 13.2 Å². The van der Waals surface area contributed by atoms with Crippen LogP contribution in [-0.4, -0.2) is 55.7 Å². The van der Waals surface area contributed by atoms with Crippen LogP contribution in [0.5, 0.6) is 0 Å². The van der Waals surface area contributed by atoms with Gasteiger partial charge in [-0.05, 0) is 73.9 Å². The van der Waals surface area contributed by atoms with E-state index in [1.807, 2.05) is 43.3 Å². The number of amides is 2. The first kappa shape index (κ1) is 47.4. The van der Waals surface area contributed by atoms with Gasteiger partial charge >= 0.3 is 0 Å². The fraction of sp³-hybridized carbons (Fsp3) is 0.360. The van der Waals surface area contributed by atoms with Crippen LogP contribution >= 0.6 is 11.6 Å². The van der Waals surface area contributed by atoms with Gasteiger partial charge in [0.25, 0.3) is 0 Å². The number of carbonyl (C=O) groups excluding carboxylic acids is 2. The summed E-state index contributed by atoms with van der Waals surface area (Å²) in [5.41, 5.74) is 4.47. The predicted molar refractivity (Wildman–Crippen MR) is 235 cm³/mol. The zero-order valence-electron chi connectivity index (χ0n) is 35.3. The number of rotatable bonds is 22. The van der Waals surface area contributed by atoms with Gasteiger partial charge in [0.2, 0.25) is 11.8 Å². The summed E-state index contributed by atoms with van der Waals surface area (Å²) in [6.07, 6.45) is -0.0365. The van der Waals surface area contributed by atoms with Gasteiger partial charge in [-0.3, -0.25) is 9.59 Å². The maximum Gasteiger partial charge on any atom is 0.249 e. The van der Waals surface area contributed by atoms with Gasteiger partial charge in [0.05, 0.1) is 44.7 Å². The highest BCUT2D eigenvalue weighted by Crippen LogP contribution is 2.36. The maximum atomic E-state index is 14.8. The fourth-order valence-electron chi connectivity index (χ4n) is 7.59. The maximum absolute atomic E-state index is 14.8. The molecule has 4 aromatic carbocycles. The molecule has 0 saturated carbocycles. The monoisotopic (exact) mass is 886 g/mol. The van der Waals surface area contributed by atoms with Gasteiger partial charge in [-0.1, -0.05) is 115 Å². The number of hydrogen-bond acceptors (Lipinski definition) is 7. The molecular formula is C50H54ClF3N2O7. The van der Waals surface area contributed by atoms with Crippen molar-refractivity contribution in [3.63, 3.8) is 0 Å². The highest BCUT2D eigenvalue weighted by molar-refractivity contribution is 6.31. The van der Waals surface area contributed by atoms with E-state index in [0.717, 1.165) is 35.6 Å². The quantitative estimate of drug-likeness (QED) is 0.0758. The number of fused-ring (bicyclic) bond motifs is 1. The fourth-order valence-corrected chi connectivity index (χ4v) is 7.75. The highest BCUT2D eigenvalue weighted by atomic mass is 35.5. The summed E-state index contributed by atoms with van der Waals surface area (Å²) in [4.78, 5) is 28.2. The third-order valence-electron chi connectivity index (χ3n) is 11.1. The van der Waals surface area contributed by atoms with Crippen molar-refractivity contribution in [1.29, 1.82) is 0 Å². The lowest BCUT2D eigenvalue weighted by molar-refractivity contribution is -0.227. The summed E-state index contributed by atoms with van der Waals surface area (Å²) < 4.78 is 75.2. The molecule has 0 radical (unpaired) electrons. The van der Waals surface area contributed by atoms with Crippen LogP contribution in [0.4, 0.5) is 13.2 Å². The minimum Gasteiger partial charge on any atom is -0.374 e. The van der Waals surface area contributed by atoms with Gasteiger partial charge < -0.3 is 34.3 Å². The molecule has 4 aromatic rings. The largest absolute Gasteiger partial charge is 0.374 e. The van der Waals surface area contributed by atoms with Gasteiger partial charge in [-0.2, -0.15) is 0 Å². The van der Waals surface area contributed by atoms with Gasteiger partial charge in [0.15, 0.2) is 6.29 Å². The molecule has 1 saturated heterocycles. The molecule has 2 amide bonds. The van der Waals surface area contributed by atoms with E-state index < -0.39 is 59.9 Å². The Morgan fingerprint density at radius 1 is 0.857 bits per heavy atom. The number of hydrogen-bond donors (Lipinski definition) is 2. The summed E-state index contributed by atoms with van der Waals surface area (Å²) in [6.45, 7) is 9.02. The number of halogens is 4. The van der Waals surface area contributed by atoms with Crippen molar-refractivity contribution < 1.29 is 46.4 Å². The lowest BCUT2D eigenvalue weighted by Gasteiger charge is -2.33. The molecule has 2 aliphatic rings. The van der Waals surface area contributed by atoms with Gasteiger partial charge in [-0.25, -0.2) is 13.2 Å². The molecule has 0 spiro atoms. The molecule has 1 aliphatic carbocycles. The summed E-state index contributed by atoms with van der Waals surface area (Å²) >= 11 is 6.01. The van der Waals surface area contributed by atoms with Gasteiger partial charge in [0.1, 0.15) is 29.7 Å². The number of benzene rings is 4. The van der Waals surface area contributed by atoms with E-state index in [0.29, 0.717) is 26.1 Å². The van der Waals surface area contributed by atoms with E-state index in [4.69, 9.17) is 35.3 Å². The van der Waals surface area contributed by atoms with E-state index in [2.05, 4.69) is 35.9 Å². The molecule has 2 N–H and O–H groups in total. The number of allylic oxidation sites excluding steroid dienone is 2. The van der Waals surface area contributed by atoms with E-state index >= 15 is 0 Å². The number of ether oxygens (including phenoxy) is 5. The Hall–Kier alpha value is -5.08. The topological polar surface area (TPSA) is 104 Å². The van der Waals surface area contributed by atoms with Crippen LogP contribution in [0.3, 0.4) is 0 Å². The van der Waals surface area contributed by atoms with Crippen LogP contribution in [-0.2, 0) is 59.5 Å². The Bertz CT molecular complexity index is 2220. The average Bonchev–Trinajstić information content (AvgIpc) is 3.61. The molecule has 334 valence electrons. The Kier molecular flexibility index (Phi) is 17.7. The van der Waals surface area contributed by atoms with Crippen LogP contribution in [0.2, 0.25) is 0 Å². The van der Waals surface area contributed by atoms with Crippen LogP contribution in [0.25, 0.3) is 0 Å². The summed E-state index contributed by atoms with van der Waals surface area (Å²) in [5.74, 6) is -3.03. The molecule has 1 fully saturated rings. The van der Waals surface area contributed by atoms with Crippen molar-refractivity contribution in [2.24, 2.45) is 0 Å². The first-order valence-electron chi connectivity index (χ1n) is 21.1. The minimum absolute atomic E-state index is 0.0858. The first-order valence-corrected chi connectivity index (χ1v) is 21.5. The van der Waals surface area contributed by atoms with E-state index in [1.54, 1.807) is 24.3 Å². The predicted octanol–water partition coefficient (Wildman–Crippen LogP) is 9.71.